The summed E-state index contributed by atoms with van der Waals surface area (Å²) in [7, 11) is 1.79. The van der Waals surface area contributed by atoms with Crippen LogP contribution < -0.4 is 5.73 Å². The lowest BCUT2D eigenvalue weighted by Gasteiger charge is -2.28. The Balaban J connectivity index is 1.70. The maximum absolute atomic E-state index is 5.94. The van der Waals surface area contributed by atoms with Crippen LogP contribution in [0.4, 0.5) is 5.69 Å². The minimum atomic E-state index is 0.373. The first-order valence-corrected chi connectivity index (χ1v) is 6.76. The second-order valence-electron chi connectivity index (χ2n) is 5.01. The number of rotatable bonds is 5. The highest BCUT2D eigenvalue weighted by atomic mass is 16.5. The molecule has 1 aliphatic carbocycles. The standard InChI is InChI=1S/C15H23NO2/c1-17-14-3-2-4-15(11-14)18-10-9-12-5-7-13(16)8-6-12/h5-8,14-15H,2-4,9-11,16H2,1H3. The molecule has 1 aliphatic rings. The second-order valence-corrected chi connectivity index (χ2v) is 5.01. The minimum Gasteiger partial charge on any atom is -0.399 e. The van der Waals surface area contributed by atoms with E-state index in [9.17, 15) is 0 Å². The lowest BCUT2D eigenvalue weighted by atomic mass is 9.95. The molecule has 2 unspecified atom stereocenters. The number of ether oxygens (including phenoxy) is 2. The average Bonchev–Trinajstić information content (AvgIpc) is 2.41. The van der Waals surface area contributed by atoms with Crippen molar-refractivity contribution in [1.29, 1.82) is 0 Å². The molecule has 0 aromatic heterocycles. The summed E-state index contributed by atoms with van der Waals surface area (Å²) >= 11 is 0. The molecule has 2 N–H and O–H groups in total. The van der Waals surface area contributed by atoms with Crippen LogP contribution in [0.3, 0.4) is 0 Å². The van der Waals surface area contributed by atoms with E-state index in [-0.39, 0.29) is 0 Å². The number of benzene rings is 1. The molecule has 0 saturated heterocycles. The van der Waals surface area contributed by atoms with Crippen molar-refractivity contribution in [2.45, 2.75) is 44.3 Å². The van der Waals surface area contributed by atoms with E-state index >= 15 is 0 Å². The molecule has 18 heavy (non-hydrogen) atoms. The molecular weight excluding hydrogens is 226 g/mol. The van der Waals surface area contributed by atoms with Crippen molar-refractivity contribution in [1.82, 2.24) is 0 Å². The van der Waals surface area contributed by atoms with Gasteiger partial charge in [0.1, 0.15) is 0 Å². The third kappa shape index (κ3) is 4.00. The molecule has 100 valence electrons. The molecule has 0 bridgehead atoms. The first-order valence-electron chi connectivity index (χ1n) is 6.76. The van der Waals surface area contributed by atoms with Gasteiger partial charge in [0, 0.05) is 12.8 Å². The van der Waals surface area contributed by atoms with Crippen molar-refractivity contribution in [3.63, 3.8) is 0 Å². The SMILES string of the molecule is COC1CCCC(OCCc2ccc(N)cc2)C1. The van der Waals surface area contributed by atoms with E-state index in [4.69, 9.17) is 15.2 Å². The van der Waals surface area contributed by atoms with E-state index < -0.39 is 0 Å². The van der Waals surface area contributed by atoms with Gasteiger partial charge in [-0.05, 0) is 49.8 Å². The Labute approximate surface area is 109 Å². The van der Waals surface area contributed by atoms with Crippen molar-refractivity contribution >= 4 is 5.69 Å². The van der Waals surface area contributed by atoms with Crippen molar-refractivity contribution < 1.29 is 9.47 Å². The maximum atomic E-state index is 5.94. The molecule has 2 atom stereocenters. The zero-order valence-electron chi connectivity index (χ0n) is 11.1. The van der Waals surface area contributed by atoms with Gasteiger partial charge in [-0.1, -0.05) is 12.1 Å². The average molecular weight is 249 g/mol. The maximum Gasteiger partial charge on any atom is 0.0600 e. The van der Waals surface area contributed by atoms with Crippen LogP contribution in [-0.4, -0.2) is 25.9 Å². The number of hydrogen-bond acceptors (Lipinski definition) is 3. The van der Waals surface area contributed by atoms with E-state index in [2.05, 4.69) is 12.1 Å². The second kappa shape index (κ2) is 6.76. The van der Waals surface area contributed by atoms with Crippen LogP contribution in [-0.2, 0) is 15.9 Å². The number of nitrogens with two attached hydrogens (primary N) is 1. The molecule has 0 spiro atoms. The summed E-state index contributed by atoms with van der Waals surface area (Å²) in [5.74, 6) is 0. The van der Waals surface area contributed by atoms with Crippen LogP contribution in [0.15, 0.2) is 24.3 Å². The van der Waals surface area contributed by atoms with Gasteiger partial charge in [-0.3, -0.25) is 0 Å². The lowest BCUT2D eigenvalue weighted by Crippen LogP contribution is -2.28. The molecule has 0 aliphatic heterocycles. The lowest BCUT2D eigenvalue weighted by molar-refractivity contribution is -0.0283. The normalized spacial score (nSPS) is 24.1. The smallest absolute Gasteiger partial charge is 0.0600 e. The Kier molecular flexibility index (Phi) is 5.02. The van der Waals surface area contributed by atoms with Gasteiger partial charge in [-0.25, -0.2) is 0 Å². The summed E-state index contributed by atoms with van der Waals surface area (Å²) in [5, 5.41) is 0. The van der Waals surface area contributed by atoms with Crippen LogP contribution in [0.5, 0.6) is 0 Å². The van der Waals surface area contributed by atoms with Gasteiger partial charge < -0.3 is 15.2 Å². The van der Waals surface area contributed by atoms with E-state index in [1.54, 1.807) is 7.11 Å². The van der Waals surface area contributed by atoms with Crippen LogP contribution >= 0.6 is 0 Å². The van der Waals surface area contributed by atoms with Crippen LogP contribution in [0, 0.1) is 0 Å². The molecule has 0 heterocycles. The number of methoxy groups -OCH3 is 1. The summed E-state index contributed by atoms with van der Waals surface area (Å²) in [5.41, 5.74) is 7.75. The molecule has 1 aromatic rings. The topological polar surface area (TPSA) is 44.5 Å². The fraction of sp³-hybridized carbons (Fsp3) is 0.600. The third-order valence-electron chi connectivity index (χ3n) is 3.64. The van der Waals surface area contributed by atoms with Gasteiger partial charge in [0.15, 0.2) is 0 Å². The van der Waals surface area contributed by atoms with Crippen molar-refractivity contribution in [3.05, 3.63) is 29.8 Å². The molecule has 0 amide bonds. The highest BCUT2D eigenvalue weighted by Gasteiger charge is 2.21. The molecule has 3 nitrogen and oxygen atoms in total. The number of hydrogen-bond donors (Lipinski definition) is 1. The summed E-state index contributed by atoms with van der Waals surface area (Å²) in [6.07, 6.45) is 6.31. The summed E-state index contributed by atoms with van der Waals surface area (Å²) < 4.78 is 11.3. The van der Waals surface area contributed by atoms with Crippen molar-refractivity contribution in [2.75, 3.05) is 19.5 Å². The highest BCUT2D eigenvalue weighted by molar-refractivity contribution is 5.39. The molecule has 3 heteroatoms. The monoisotopic (exact) mass is 249 g/mol. The van der Waals surface area contributed by atoms with Gasteiger partial charge in [-0.2, -0.15) is 0 Å². The van der Waals surface area contributed by atoms with Crippen LogP contribution in [0.1, 0.15) is 31.2 Å². The Morgan fingerprint density at radius 3 is 2.61 bits per heavy atom. The van der Waals surface area contributed by atoms with Crippen LogP contribution in [0.2, 0.25) is 0 Å². The molecule has 1 saturated carbocycles. The van der Waals surface area contributed by atoms with Crippen molar-refractivity contribution in [2.24, 2.45) is 0 Å². The summed E-state index contributed by atoms with van der Waals surface area (Å²) in [4.78, 5) is 0. The molecule has 1 aromatic carbocycles. The van der Waals surface area contributed by atoms with E-state index in [1.165, 1.54) is 24.8 Å². The van der Waals surface area contributed by atoms with Gasteiger partial charge in [0.05, 0.1) is 18.8 Å². The van der Waals surface area contributed by atoms with Crippen LogP contribution in [0.25, 0.3) is 0 Å². The largest absolute Gasteiger partial charge is 0.399 e. The molecule has 1 fully saturated rings. The fourth-order valence-electron chi connectivity index (χ4n) is 2.50. The Morgan fingerprint density at radius 1 is 1.17 bits per heavy atom. The van der Waals surface area contributed by atoms with Gasteiger partial charge >= 0.3 is 0 Å². The third-order valence-corrected chi connectivity index (χ3v) is 3.64. The van der Waals surface area contributed by atoms with E-state index in [0.717, 1.165) is 25.1 Å². The quantitative estimate of drug-likeness (QED) is 0.816. The Bertz CT molecular complexity index is 350. The Hall–Kier alpha value is -1.06. The highest BCUT2D eigenvalue weighted by Crippen LogP contribution is 2.23. The fourth-order valence-corrected chi connectivity index (χ4v) is 2.50. The minimum absolute atomic E-state index is 0.373. The Morgan fingerprint density at radius 2 is 1.89 bits per heavy atom. The molecular formula is C15H23NO2. The van der Waals surface area contributed by atoms with E-state index in [0.29, 0.717) is 12.2 Å². The van der Waals surface area contributed by atoms with Gasteiger partial charge in [-0.15, -0.1) is 0 Å². The molecule has 2 rings (SSSR count). The molecule has 0 radical (unpaired) electrons. The first kappa shape index (κ1) is 13.4. The predicted octanol–water partition coefficient (Wildman–Crippen LogP) is 2.79. The van der Waals surface area contributed by atoms with Gasteiger partial charge in [0.2, 0.25) is 0 Å². The zero-order valence-corrected chi connectivity index (χ0v) is 11.1. The summed E-state index contributed by atoms with van der Waals surface area (Å²) in [6.45, 7) is 0.783. The number of nitrogen functional groups attached to an aromatic ring is 1. The van der Waals surface area contributed by atoms with Crippen molar-refractivity contribution in [3.8, 4) is 0 Å². The van der Waals surface area contributed by atoms with E-state index in [1.807, 2.05) is 12.1 Å². The predicted molar refractivity (Wildman–Crippen MR) is 73.6 cm³/mol. The number of anilines is 1. The first-order chi connectivity index (χ1) is 8.78. The zero-order chi connectivity index (χ0) is 12.8. The van der Waals surface area contributed by atoms with Gasteiger partial charge in [0.25, 0.3) is 0 Å². The summed E-state index contributed by atoms with van der Waals surface area (Å²) in [6, 6.07) is 8.02.